The predicted molar refractivity (Wildman–Crippen MR) is 140 cm³/mol. The Labute approximate surface area is 214 Å². The van der Waals surface area contributed by atoms with E-state index in [1.54, 1.807) is 73.8 Å². The van der Waals surface area contributed by atoms with E-state index in [0.29, 0.717) is 33.2 Å². The molecule has 4 aromatic rings. The van der Waals surface area contributed by atoms with Crippen LogP contribution in [0.4, 0.5) is 0 Å². The predicted octanol–water partition coefficient (Wildman–Crippen LogP) is 5.31. The second kappa shape index (κ2) is 11.5. The Hall–Kier alpha value is -4.13. The van der Waals surface area contributed by atoms with Crippen LogP contribution < -0.4 is 14.9 Å². The largest absolute Gasteiger partial charge is 0.493 e. The maximum absolute atomic E-state index is 13.2. The molecule has 4 aromatic carbocycles. The van der Waals surface area contributed by atoms with Crippen molar-refractivity contribution in [2.75, 3.05) is 7.11 Å². The second-order valence-corrected chi connectivity index (χ2v) is 8.34. The highest BCUT2D eigenvalue weighted by molar-refractivity contribution is 6.31. The summed E-state index contributed by atoms with van der Waals surface area (Å²) >= 11 is 6.20. The van der Waals surface area contributed by atoms with Gasteiger partial charge in [-0.3, -0.25) is 4.79 Å². The molecule has 0 heterocycles. The van der Waals surface area contributed by atoms with Crippen LogP contribution in [-0.4, -0.2) is 24.3 Å². The number of aliphatic hydroxyl groups is 1. The number of nitrogens with one attached hydrogen (secondary N) is 1. The van der Waals surface area contributed by atoms with Crippen LogP contribution in [0.2, 0.25) is 5.02 Å². The number of hydrazone groups is 1. The summed E-state index contributed by atoms with van der Waals surface area (Å²) in [4.78, 5) is 13.2. The first-order chi connectivity index (χ1) is 17.5. The summed E-state index contributed by atoms with van der Waals surface area (Å²) in [5, 5.41) is 16.2. The van der Waals surface area contributed by atoms with Crippen molar-refractivity contribution in [3.8, 4) is 11.5 Å². The number of rotatable bonds is 9. The second-order valence-electron chi connectivity index (χ2n) is 7.93. The molecule has 0 atom stereocenters. The van der Waals surface area contributed by atoms with E-state index in [9.17, 15) is 9.90 Å². The van der Waals surface area contributed by atoms with Gasteiger partial charge in [0.2, 0.25) is 0 Å². The lowest BCUT2D eigenvalue weighted by Crippen LogP contribution is -2.43. The molecular formula is C29H25ClN2O4. The Bertz CT molecular complexity index is 1300. The Morgan fingerprint density at radius 2 is 1.53 bits per heavy atom. The topological polar surface area (TPSA) is 80.2 Å². The number of halogens is 1. The highest BCUT2D eigenvalue weighted by Crippen LogP contribution is 2.31. The fraction of sp³-hybridized carbons (Fsp3) is 0.103. The maximum atomic E-state index is 13.2. The summed E-state index contributed by atoms with van der Waals surface area (Å²) in [5.41, 5.74) is 2.96. The number of carbonyl (C=O) groups excluding carboxylic acids is 1. The fourth-order valence-corrected chi connectivity index (χ4v) is 3.88. The molecule has 0 aliphatic heterocycles. The van der Waals surface area contributed by atoms with Crippen LogP contribution in [0.5, 0.6) is 11.5 Å². The zero-order valence-corrected chi connectivity index (χ0v) is 20.4. The molecule has 0 aliphatic carbocycles. The van der Waals surface area contributed by atoms with Crippen LogP contribution in [0.15, 0.2) is 108 Å². The van der Waals surface area contributed by atoms with E-state index in [4.69, 9.17) is 21.1 Å². The molecule has 0 fully saturated rings. The zero-order chi connectivity index (χ0) is 25.4. The van der Waals surface area contributed by atoms with Crippen LogP contribution in [-0.2, 0) is 17.0 Å². The fourth-order valence-electron chi connectivity index (χ4n) is 3.69. The van der Waals surface area contributed by atoms with E-state index in [1.165, 1.54) is 6.21 Å². The summed E-state index contributed by atoms with van der Waals surface area (Å²) < 4.78 is 11.3. The summed E-state index contributed by atoms with van der Waals surface area (Å²) in [6.45, 7) is 0.289. The van der Waals surface area contributed by atoms with Crippen LogP contribution in [0.25, 0.3) is 0 Å². The minimum Gasteiger partial charge on any atom is -0.493 e. The monoisotopic (exact) mass is 500 g/mol. The van der Waals surface area contributed by atoms with E-state index in [0.717, 1.165) is 5.56 Å². The van der Waals surface area contributed by atoms with Gasteiger partial charge in [0, 0.05) is 10.6 Å². The van der Waals surface area contributed by atoms with Gasteiger partial charge in [0.1, 0.15) is 6.61 Å². The summed E-state index contributed by atoms with van der Waals surface area (Å²) in [6, 6.07) is 30.2. The molecule has 2 N–H and O–H groups in total. The first-order valence-corrected chi connectivity index (χ1v) is 11.6. The van der Waals surface area contributed by atoms with E-state index >= 15 is 0 Å². The normalized spacial score (nSPS) is 11.3. The molecule has 36 heavy (non-hydrogen) atoms. The lowest BCUT2D eigenvalue weighted by atomic mass is 9.85. The molecule has 6 nitrogen and oxygen atoms in total. The third-order valence-corrected chi connectivity index (χ3v) is 5.99. The third kappa shape index (κ3) is 5.57. The minimum absolute atomic E-state index is 0.289. The van der Waals surface area contributed by atoms with Crippen LogP contribution in [0.1, 0.15) is 22.3 Å². The number of amides is 1. The molecule has 4 rings (SSSR count). The van der Waals surface area contributed by atoms with Crippen LogP contribution >= 0.6 is 11.6 Å². The van der Waals surface area contributed by atoms with E-state index in [2.05, 4.69) is 10.5 Å². The van der Waals surface area contributed by atoms with Gasteiger partial charge < -0.3 is 14.6 Å². The van der Waals surface area contributed by atoms with E-state index in [-0.39, 0.29) is 6.61 Å². The van der Waals surface area contributed by atoms with Gasteiger partial charge in [-0.15, -0.1) is 0 Å². The highest BCUT2D eigenvalue weighted by atomic mass is 35.5. The van der Waals surface area contributed by atoms with Gasteiger partial charge in [-0.05, 0) is 41.0 Å². The molecule has 182 valence electrons. The average molecular weight is 501 g/mol. The Morgan fingerprint density at radius 1 is 0.917 bits per heavy atom. The van der Waals surface area contributed by atoms with Crippen molar-refractivity contribution in [2.45, 2.75) is 12.2 Å². The maximum Gasteiger partial charge on any atom is 0.281 e. The van der Waals surface area contributed by atoms with Crippen molar-refractivity contribution < 1.29 is 19.4 Å². The van der Waals surface area contributed by atoms with Gasteiger partial charge in [-0.25, -0.2) is 5.43 Å². The van der Waals surface area contributed by atoms with Crippen molar-refractivity contribution in [1.82, 2.24) is 5.43 Å². The molecule has 7 heteroatoms. The Balaban J connectivity index is 1.49. The Kier molecular flexibility index (Phi) is 8.00. The molecule has 0 unspecified atom stereocenters. The van der Waals surface area contributed by atoms with Gasteiger partial charge >= 0.3 is 0 Å². The van der Waals surface area contributed by atoms with Crippen LogP contribution in [0, 0.1) is 0 Å². The molecule has 0 spiro atoms. The molecule has 0 saturated carbocycles. The van der Waals surface area contributed by atoms with Crippen molar-refractivity contribution in [3.63, 3.8) is 0 Å². The number of benzene rings is 4. The SMILES string of the molecule is COc1cc(/C=N\NC(=O)C(O)(c2ccccc2)c2ccccc2)ccc1OCc1ccccc1Cl. The first-order valence-electron chi connectivity index (χ1n) is 11.2. The summed E-state index contributed by atoms with van der Waals surface area (Å²) in [5.74, 6) is 0.367. The number of hydrogen-bond acceptors (Lipinski definition) is 5. The number of carbonyl (C=O) groups is 1. The van der Waals surface area contributed by atoms with E-state index in [1.807, 2.05) is 36.4 Å². The number of hydrogen-bond donors (Lipinski definition) is 2. The van der Waals surface area contributed by atoms with Crippen molar-refractivity contribution in [1.29, 1.82) is 0 Å². The van der Waals surface area contributed by atoms with Crippen molar-refractivity contribution in [3.05, 3.63) is 130 Å². The van der Waals surface area contributed by atoms with Gasteiger partial charge in [-0.2, -0.15) is 5.10 Å². The van der Waals surface area contributed by atoms with Gasteiger partial charge in [0.25, 0.3) is 5.91 Å². The van der Waals surface area contributed by atoms with E-state index < -0.39 is 11.5 Å². The lowest BCUT2D eigenvalue weighted by Gasteiger charge is -2.27. The van der Waals surface area contributed by atoms with Gasteiger partial charge in [0.05, 0.1) is 13.3 Å². The molecule has 0 bridgehead atoms. The summed E-state index contributed by atoms with van der Waals surface area (Å²) in [7, 11) is 1.54. The standard InChI is InChI=1S/C29H25ClN2O4/c1-35-27-18-21(16-17-26(27)36-20-22-10-8-9-15-25(22)30)19-31-32-28(33)29(34,23-11-4-2-5-12-23)24-13-6-3-7-14-24/h2-19,34H,20H2,1H3,(H,32,33)/b31-19-. The van der Waals surface area contributed by atoms with Gasteiger partial charge in [0.15, 0.2) is 17.1 Å². The first kappa shape index (κ1) is 25.0. The number of ether oxygens (including phenoxy) is 2. The molecule has 0 aliphatic rings. The van der Waals surface area contributed by atoms with Crippen molar-refractivity contribution >= 4 is 23.7 Å². The average Bonchev–Trinajstić information content (AvgIpc) is 2.93. The highest BCUT2D eigenvalue weighted by Gasteiger charge is 2.39. The molecular weight excluding hydrogens is 476 g/mol. The molecule has 0 radical (unpaired) electrons. The zero-order valence-electron chi connectivity index (χ0n) is 19.6. The molecule has 0 saturated heterocycles. The minimum atomic E-state index is -1.91. The van der Waals surface area contributed by atoms with Crippen molar-refractivity contribution in [2.24, 2.45) is 5.10 Å². The smallest absolute Gasteiger partial charge is 0.281 e. The lowest BCUT2D eigenvalue weighted by molar-refractivity contribution is -0.136. The third-order valence-electron chi connectivity index (χ3n) is 5.62. The molecule has 0 aromatic heterocycles. The Morgan fingerprint density at radius 3 is 2.14 bits per heavy atom. The summed E-state index contributed by atoms with van der Waals surface area (Å²) in [6.07, 6.45) is 1.47. The van der Waals surface area contributed by atoms with Gasteiger partial charge in [-0.1, -0.05) is 90.5 Å². The molecule has 1 amide bonds. The number of methoxy groups -OCH3 is 1. The van der Waals surface area contributed by atoms with Crippen LogP contribution in [0.3, 0.4) is 0 Å². The quantitative estimate of drug-likeness (QED) is 0.241. The number of nitrogens with zero attached hydrogens (tertiary/aromatic N) is 1.